The third kappa shape index (κ3) is 5.14. The smallest absolute Gasteiger partial charge is 0.418 e. The van der Waals surface area contributed by atoms with E-state index >= 15 is 0 Å². The molecule has 2 aromatic carbocycles. The fourth-order valence-corrected chi connectivity index (χ4v) is 3.67. The van der Waals surface area contributed by atoms with Crippen LogP contribution >= 0.6 is 35.4 Å². The lowest BCUT2D eigenvalue weighted by molar-refractivity contribution is -0.143. The number of para-hydroxylation sites is 1. The maximum atomic E-state index is 13.7. The molecular formula is C22H17Cl2F3N2O2S. The lowest BCUT2D eigenvalue weighted by Crippen LogP contribution is -2.32. The SMILES string of the molecule is CCOC(=O)CN(C)C(=S)c1cc(-c2ccc(Cl)c(Cl)c2)nc2c(C(F)(F)F)cccc12. The van der Waals surface area contributed by atoms with Crippen LogP contribution in [0.25, 0.3) is 22.2 Å². The van der Waals surface area contributed by atoms with E-state index in [9.17, 15) is 18.0 Å². The molecule has 0 aliphatic carbocycles. The Labute approximate surface area is 197 Å². The van der Waals surface area contributed by atoms with E-state index < -0.39 is 17.7 Å². The molecule has 3 aromatic rings. The van der Waals surface area contributed by atoms with Gasteiger partial charge in [-0.25, -0.2) is 4.98 Å². The summed E-state index contributed by atoms with van der Waals surface area (Å²) in [7, 11) is 1.57. The monoisotopic (exact) mass is 500 g/mol. The maximum Gasteiger partial charge on any atom is 0.418 e. The largest absolute Gasteiger partial charge is 0.465 e. The molecule has 0 fully saturated rings. The van der Waals surface area contributed by atoms with Gasteiger partial charge >= 0.3 is 12.1 Å². The Morgan fingerprint density at radius 2 is 1.88 bits per heavy atom. The topological polar surface area (TPSA) is 42.4 Å². The van der Waals surface area contributed by atoms with Gasteiger partial charge in [-0.05, 0) is 31.2 Å². The summed E-state index contributed by atoms with van der Waals surface area (Å²) in [6, 6.07) is 10.00. The minimum absolute atomic E-state index is 0.155. The molecule has 10 heteroatoms. The van der Waals surface area contributed by atoms with E-state index in [4.69, 9.17) is 40.2 Å². The molecular weight excluding hydrogens is 484 g/mol. The van der Waals surface area contributed by atoms with Crippen LogP contribution in [0.3, 0.4) is 0 Å². The third-order valence-corrected chi connectivity index (χ3v) is 5.88. The summed E-state index contributed by atoms with van der Waals surface area (Å²) in [6.45, 7) is 1.72. The van der Waals surface area contributed by atoms with Crippen LogP contribution in [0.2, 0.25) is 10.0 Å². The first-order chi connectivity index (χ1) is 15.0. The number of aromatic nitrogens is 1. The molecule has 0 unspecified atom stereocenters. The Morgan fingerprint density at radius 3 is 2.50 bits per heavy atom. The minimum Gasteiger partial charge on any atom is -0.465 e. The Morgan fingerprint density at radius 1 is 1.16 bits per heavy atom. The number of fused-ring (bicyclic) bond motifs is 1. The van der Waals surface area contributed by atoms with E-state index in [-0.39, 0.29) is 39.8 Å². The number of likely N-dealkylation sites (N-methyl/N-ethyl adjacent to an activating group) is 1. The number of carbonyl (C=O) groups excluding carboxylic acids is 1. The molecule has 0 bridgehead atoms. The molecule has 0 saturated heterocycles. The van der Waals surface area contributed by atoms with Gasteiger partial charge in [-0.3, -0.25) is 4.79 Å². The normalized spacial score (nSPS) is 11.5. The number of benzene rings is 2. The van der Waals surface area contributed by atoms with E-state index in [1.165, 1.54) is 29.2 Å². The Bertz CT molecular complexity index is 1200. The van der Waals surface area contributed by atoms with E-state index in [1.807, 2.05) is 0 Å². The highest BCUT2D eigenvalue weighted by Gasteiger charge is 2.34. The van der Waals surface area contributed by atoms with Gasteiger partial charge in [0.05, 0.1) is 33.4 Å². The first-order valence-electron chi connectivity index (χ1n) is 9.40. The van der Waals surface area contributed by atoms with Gasteiger partial charge < -0.3 is 9.64 Å². The van der Waals surface area contributed by atoms with Crippen LogP contribution in [-0.4, -0.2) is 41.0 Å². The van der Waals surface area contributed by atoms with E-state index in [0.29, 0.717) is 16.1 Å². The van der Waals surface area contributed by atoms with Gasteiger partial charge in [0.25, 0.3) is 0 Å². The van der Waals surface area contributed by atoms with Gasteiger partial charge in [0.2, 0.25) is 0 Å². The average molecular weight is 501 g/mol. The highest BCUT2D eigenvalue weighted by atomic mass is 35.5. The quantitative estimate of drug-likeness (QED) is 0.299. The number of halogens is 5. The molecule has 1 aromatic heterocycles. The first-order valence-corrected chi connectivity index (χ1v) is 10.6. The van der Waals surface area contributed by atoms with Crippen molar-refractivity contribution in [1.82, 2.24) is 9.88 Å². The van der Waals surface area contributed by atoms with Crippen molar-refractivity contribution in [3.8, 4) is 11.3 Å². The van der Waals surface area contributed by atoms with Gasteiger partial charge in [-0.2, -0.15) is 13.2 Å². The molecule has 0 radical (unpaired) electrons. The molecule has 0 amide bonds. The lowest BCUT2D eigenvalue weighted by atomic mass is 10.0. The van der Waals surface area contributed by atoms with Crippen LogP contribution in [0.5, 0.6) is 0 Å². The number of alkyl halides is 3. The summed E-state index contributed by atoms with van der Waals surface area (Å²) < 4.78 is 46.1. The van der Waals surface area contributed by atoms with Crippen molar-refractivity contribution in [2.24, 2.45) is 0 Å². The van der Waals surface area contributed by atoms with Crippen LogP contribution in [0.4, 0.5) is 13.2 Å². The number of esters is 1. The molecule has 4 nitrogen and oxygen atoms in total. The number of hydrogen-bond acceptors (Lipinski definition) is 4. The Balaban J connectivity index is 2.23. The van der Waals surface area contributed by atoms with Crippen molar-refractivity contribution in [3.63, 3.8) is 0 Å². The van der Waals surface area contributed by atoms with E-state index in [1.54, 1.807) is 26.1 Å². The fraction of sp³-hybridized carbons (Fsp3) is 0.227. The van der Waals surface area contributed by atoms with Crippen molar-refractivity contribution in [1.29, 1.82) is 0 Å². The third-order valence-electron chi connectivity index (χ3n) is 4.61. The minimum atomic E-state index is -4.63. The lowest BCUT2D eigenvalue weighted by Gasteiger charge is -2.21. The second-order valence-corrected chi connectivity index (χ2v) is 8.05. The number of rotatable bonds is 5. The van der Waals surface area contributed by atoms with Crippen molar-refractivity contribution in [2.45, 2.75) is 13.1 Å². The standard InChI is InChI=1S/C22H17Cl2F3N2O2S/c1-3-31-19(30)11-29(2)21(32)14-10-18(12-7-8-16(23)17(24)9-12)28-20-13(14)5-4-6-15(20)22(25,26)27/h4-10H,3,11H2,1-2H3. The molecule has 0 saturated carbocycles. The first kappa shape index (κ1) is 24.2. The zero-order valence-corrected chi connectivity index (χ0v) is 19.3. The van der Waals surface area contributed by atoms with Gasteiger partial charge in [-0.1, -0.05) is 53.6 Å². The van der Waals surface area contributed by atoms with E-state index in [2.05, 4.69) is 4.98 Å². The number of nitrogens with zero attached hydrogens (tertiary/aromatic N) is 2. The predicted octanol–water partition coefficient (Wildman–Crippen LogP) is 6.40. The van der Waals surface area contributed by atoms with Crippen LogP contribution in [0.1, 0.15) is 18.1 Å². The second-order valence-electron chi connectivity index (χ2n) is 6.85. The summed E-state index contributed by atoms with van der Waals surface area (Å²) in [4.78, 5) is 17.8. The summed E-state index contributed by atoms with van der Waals surface area (Å²) >= 11 is 17.6. The second kappa shape index (κ2) is 9.60. The molecule has 0 spiro atoms. The molecule has 0 atom stereocenters. The summed E-state index contributed by atoms with van der Waals surface area (Å²) in [5.74, 6) is -0.503. The van der Waals surface area contributed by atoms with Crippen LogP contribution < -0.4 is 0 Å². The van der Waals surface area contributed by atoms with Gasteiger partial charge in [0.15, 0.2) is 0 Å². The molecule has 3 rings (SSSR count). The van der Waals surface area contributed by atoms with Gasteiger partial charge in [0, 0.05) is 23.6 Å². The summed E-state index contributed by atoms with van der Waals surface area (Å²) in [6.07, 6.45) is -4.63. The molecule has 32 heavy (non-hydrogen) atoms. The van der Waals surface area contributed by atoms with Crippen molar-refractivity contribution >= 4 is 57.3 Å². The van der Waals surface area contributed by atoms with E-state index in [0.717, 1.165) is 6.07 Å². The Hall–Kier alpha value is -2.42. The zero-order valence-electron chi connectivity index (χ0n) is 17.0. The summed E-state index contributed by atoms with van der Waals surface area (Å²) in [5, 5.41) is 0.750. The van der Waals surface area contributed by atoms with Gasteiger partial charge in [-0.15, -0.1) is 0 Å². The maximum absolute atomic E-state index is 13.7. The number of carbonyl (C=O) groups is 1. The number of hydrogen-bond donors (Lipinski definition) is 0. The van der Waals surface area contributed by atoms with Crippen molar-refractivity contribution in [2.75, 3.05) is 20.2 Å². The highest BCUT2D eigenvalue weighted by Crippen LogP contribution is 2.37. The van der Waals surface area contributed by atoms with Crippen molar-refractivity contribution in [3.05, 3.63) is 63.6 Å². The zero-order chi connectivity index (χ0) is 23.6. The molecule has 0 aliphatic heterocycles. The molecule has 1 heterocycles. The number of pyridine rings is 1. The molecule has 168 valence electrons. The predicted molar refractivity (Wildman–Crippen MR) is 123 cm³/mol. The summed E-state index contributed by atoms with van der Waals surface area (Å²) in [5.41, 5.74) is -0.131. The van der Waals surface area contributed by atoms with Crippen LogP contribution in [0, 0.1) is 0 Å². The van der Waals surface area contributed by atoms with Crippen LogP contribution in [-0.2, 0) is 15.7 Å². The number of ether oxygens (including phenoxy) is 1. The number of thiocarbonyl (C=S) groups is 1. The highest BCUT2D eigenvalue weighted by molar-refractivity contribution is 7.80. The van der Waals surface area contributed by atoms with Gasteiger partial charge in [0.1, 0.15) is 11.5 Å². The van der Waals surface area contributed by atoms with Crippen LogP contribution in [0.15, 0.2) is 42.5 Å². The Kier molecular flexibility index (Phi) is 7.27. The fourth-order valence-electron chi connectivity index (χ4n) is 3.14. The molecule has 0 aliphatic rings. The average Bonchev–Trinajstić information content (AvgIpc) is 2.73. The molecule has 0 N–H and O–H groups in total. The van der Waals surface area contributed by atoms with Crippen molar-refractivity contribution < 1.29 is 22.7 Å².